The van der Waals surface area contributed by atoms with Gasteiger partial charge in [-0.15, -0.1) is 0 Å². The average molecular weight is 399 g/mol. The van der Waals surface area contributed by atoms with Crippen LogP contribution in [0.2, 0.25) is 0 Å². The van der Waals surface area contributed by atoms with Crippen LogP contribution in [0.5, 0.6) is 0 Å². The second-order valence-electron chi connectivity index (χ2n) is 7.90. The lowest BCUT2D eigenvalue weighted by Gasteiger charge is -2.36. The molecule has 1 fully saturated rings. The third-order valence-electron chi connectivity index (χ3n) is 4.03. The fourth-order valence-corrected chi connectivity index (χ4v) is 2.62. The summed E-state index contributed by atoms with van der Waals surface area (Å²) in [6.07, 6.45) is -4.74. The van der Waals surface area contributed by atoms with E-state index in [2.05, 4.69) is 20.3 Å². The van der Waals surface area contributed by atoms with Crippen LogP contribution in [0, 0.1) is 16.7 Å². The number of carbonyl (C=O) groups is 1. The van der Waals surface area contributed by atoms with Gasteiger partial charge in [-0.05, 0) is 12.5 Å². The standard InChI is InChI=1S/C17H24F3N7O/c1-16(2,3)11-27(24-15(28)26-7-5-25(4)6-8-26)14-9-12(17(18,19)20)22-13(10-21)23-14/h9H,5-8,11H2,1-4H3,(H,24,28). The zero-order valence-corrected chi connectivity index (χ0v) is 16.3. The third kappa shape index (κ3) is 5.95. The van der Waals surface area contributed by atoms with Crippen molar-refractivity contribution < 1.29 is 18.0 Å². The van der Waals surface area contributed by atoms with Crippen molar-refractivity contribution in [2.45, 2.75) is 26.9 Å². The van der Waals surface area contributed by atoms with E-state index in [9.17, 15) is 18.0 Å². The Kier molecular flexibility index (Phi) is 6.34. The molecule has 0 saturated carbocycles. The van der Waals surface area contributed by atoms with E-state index in [1.165, 1.54) is 5.01 Å². The molecule has 1 saturated heterocycles. The number of piperazine rings is 1. The van der Waals surface area contributed by atoms with Crippen molar-refractivity contribution in [2.24, 2.45) is 5.41 Å². The Hall–Kier alpha value is -2.61. The number of anilines is 1. The Labute approximate surface area is 161 Å². The van der Waals surface area contributed by atoms with Crippen molar-refractivity contribution in [3.05, 3.63) is 17.6 Å². The molecule has 0 spiro atoms. The molecule has 1 N–H and O–H groups in total. The lowest BCUT2D eigenvalue weighted by molar-refractivity contribution is -0.141. The molecule has 0 bridgehead atoms. The molecule has 154 valence electrons. The molecule has 11 heteroatoms. The Morgan fingerprint density at radius 1 is 1.25 bits per heavy atom. The van der Waals surface area contributed by atoms with Gasteiger partial charge in [0, 0.05) is 38.8 Å². The maximum Gasteiger partial charge on any atom is 0.433 e. The van der Waals surface area contributed by atoms with E-state index in [1.54, 1.807) is 11.0 Å². The first-order valence-electron chi connectivity index (χ1n) is 8.77. The molecule has 1 aliphatic rings. The van der Waals surface area contributed by atoms with Gasteiger partial charge in [0.25, 0.3) is 0 Å². The summed E-state index contributed by atoms with van der Waals surface area (Å²) in [6, 6.07) is 1.85. The number of nitrogens with one attached hydrogen (secondary N) is 1. The van der Waals surface area contributed by atoms with E-state index in [0.717, 1.165) is 6.07 Å². The molecule has 1 aromatic heterocycles. The molecule has 0 aliphatic carbocycles. The van der Waals surface area contributed by atoms with Crippen LogP contribution < -0.4 is 10.4 Å². The van der Waals surface area contributed by atoms with Crippen molar-refractivity contribution >= 4 is 11.8 Å². The normalized spacial score (nSPS) is 15.9. The monoisotopic (exact) mass is 399 g/mol. The van der Waals surface area contributed by atoms with Gasteiger partial charge in [-0.25, -0.2) is 15.2 Å². The number of halogens is 3. The minimum absolute atomic E-state index is 0.184. The van der Waals surface area contributed by atoms with E-state index in [4.69, 9.17) is 5.26 Å². The molecular weight excluding hydrogens is 375 g/mol. The van der Waals surface area contributed by atoms with Crippen LogP contribution in [-0.2, 0) is 6.18 Å². The Bertz CT molecular complexity index is 747. The summed E-state index contributed by atoms with van der Waals surface area (Å²) < 4.78 is 39.5. The molecular formula is C17H24F3N7O. The number of rotatable bonds is 3. The first-order valence-corrected chi connectivity index (χ1v) is 8.77. The summed E-state index contributed by atoms with van der Waals surface area (Å²) in [5, 5.41) is 10.3. The highest BCUT2D eigenvalue weighted by Gasteiger charge is 2.35. The van der Waals surface area contributed by atoms with Crippen molar-refractivity contribution in [1.82, 2.24) is 25.2 Å². The molecule has 0 radical (unpaired) electrons. The van der Waals surface area contributed by atoms with Crippen LogP contribution in [0.4, 0.5) is 23.8 Å². The van der Waals surface area contributed by atoms with Crippen LogP contribution >= 0.6 is 0 Å². The minimum atomic E-state index is -4.74. The summed E-state index contributed by atoms with van der Waals surface area (Å²) >= 11 is 0. The lowest BCUT2D eigenvalue weighted by atomic mass is 9.97. The van der Waals surface area contributed by atoms with Gasteiger partial charge >= 0.3 is 12.2 Å². The molecule has 0 aromatic carbocycles. The SMILES string of the molecule is CN1CCN(C(=O)NN(CC(C)(C)C)c2cc(C(F)(F)F)nc(C#N)n2)CC1. The molecule has 0 atom stereocenters. The first-order chi connectivity index (χ1) is 12.9. The second-order valence-corrected chi connectivity index (χ2v) is 7.90. The van der Waals surface area contributed by atoms with Crippen molar-refractivity contribution in [3.63, 3.8) is 0 Å². The largest absolute Gasteiger partial charge is 0.433 e. The number of hydrazine groups is 1. The van der Waals surface area contributed by atoms with E-state index in [1.807, 2.05) is 27.8 Å². The number of hydrogen-bond acceptors (Lipinski definition) is 6. The predicted octanol–water partition coefficient (Wildman–Crippen LogP) is 2.09. The smallest absolute Gasteiger partial charge is 0.321 e. The van der Waals surface area contributed by atoms with E-state index in [0.29, 0.717) is 26.2 Å². The summed E-state index contributed by atoms with van der Waals surface area (Å²) in [5.41, 5.74) is 1.04. The Morgan fingerprint density at radius 3 is 2.36 bits per heavy atom. The number of amides is 2. The fraction of sp³-hybridized carbons (Fsp3) is 0.647. The van der Waals surface area contributed by atoms with Crippen LogP contribution in [0.15, 0.2) is 6.07 Å². The summed E-state index contributed by atoms with van der Waals surface area (Å²) in [7, 11) is 1.95. The van der Waals surface area contributed by atoms with Gasteiger partial charge in [0.1, 0.15) is 6.07 Å². The lowest BCUT2D eigenvalue weighted by Crippen LogP contribution is -2.56. The van der Waals surface area contributed by atoms with Crippen LogP contribution in [-0.4, -0.2) is 65.6 Å². The predicted molar refractivity (Wildman–Crippen MR) is 96.2 cm³/mol. The van der Waals surface area contributed by atoms with E-state index < -0.39 is 23.7 Å². The fourth-order valence-electron chi connectivity index (χ4n) is 2.62. The number of carbonyl (C=O) groups excluding carboxylic acids is 1. The van der Waals surface area contributed by atoms with Gasteiger partial charge in [0.15, 0.2) is 11.5 Å². The number of nitrogens with zero attached hydrogens (tertiary/aromatic N) is 6. The number of hydrogen-bond donors (Lipinski definition) is 1. The van der Waals surface area contributed by atoms with Gasteiger partial charge in [0.05, 0.1) is 0 Å². The van der Waals surface area contributed by atoms with Crippen LogP contribution in [0.3, 0.4) is 0 Å². The summed E-state index contributed by atoms with van der Waals surface area (Å²) in [5.74, 6) is -0.797. The molecule has 28 heavy (non-hydrogen) atoms. The quantitative estimate of drug-likeness (QED) is 0.783. The van der Waals surface area contributed by atoms with Crippen molar-refractivity contribution in [3.8, 4) is 6.07 Å². The van der Waals surface area contributed by atoms with Gasteiger partial charge in [-0.2, -0.15) is 23.4 Å². The topological polar surface area (TPSA) is 88.4 Å². The first kappa shape index (κ1) is 21.7. The van der Waals surface area contributed by atoms with Gasteiger partial charge in [-0.3, -0.25) is 5.01 Å². The number of nitriles is 1. The van der Waals surface area contributed by atoms with E-state index in [-0.39, 0.29) is 17.8 Å². The molecule has 8 nitrogen and oxygen atoms in total. The molecule has 1 aromatic rings. The summed E-state index contributed by atoms with van der Waals surface area (Å²) in [6.45, 7) is 8.23. The van der Waals surface area contributed by atoms with Gasteiger partial charge in [0.2, 0.25) is 5.82 Å². The average Bonchev–Trinajstić information content (AvgIpc) is 2.59. The molecule has 2 rings (SSSR count). The number of urea groups is 1. The van der Waals surface area contributed by atoms with Crippen molar-refractivity contribution in [1.29, 1.82) is 5.26 Å². The molecule has 0 unspecified atom stereocenters. The van der Waals surface area contributed by atoms with Crippen molar-refractivity contribution in [2.75, 3.05) is 44.8 Å². The van der Waals surface area contributed by atoms with Crippen LogP contribution in [0.25, 0.3) is 0 Å². The molecule has 2 amide bonds. The maximum atomic E-state index is 13.2. The minimum Gasteiger partial charge on any atom is -0.321 e. The number of likely N-dealkylation sites (N-methyl/N-ethyl adjacent to an activating group) is 1. The molecule has 1 aliphatic heterocycles. The number of alkyl halides is 3. The maximum absolute atomic E-state index is 13.2. The zero-order valence-electron chi connectivity index (χ0n) is 16.3. The second kappa shape index (κ2) is 8.18. The van der Waals surface area contributed by atoms with Crippen LogP contribution in [0.1, 0.15) is 32.3 Å². The summed E-state index contributed by atoms with van der Waals surface area (Å²) in [4.78, 5) is 23.4. The third-order valence-corrected chi connectivity index (χ3v) is 4.03. The highest BCUT2D eigenvalue weighted by molar-refractivity contribution is 5.76. The number of aromatic nitrogens is 2. The highest BCUT2D eigenvalue weighted by atomic mass is 19.4. The Balaban J connectivity index is 2.33. The molecule has 2 heterocycles. The van der Waals surface area contributed by atoms with E-state index >= 15 is 0 Å². The Morgan fingerprint density at radius 2 is 1.86 bits per heavy atom. The highest BCUT2D eigenvalue weighted by Crippen LogP contribution is 2.30. The van der Waals surface area contributed by atoms with Gasteiger partial charge in [-0.1, -0.05) is 20.8 Å². The zero-order chi connectivity index (χ0) is 21.1. The van der Waals surface area contributed by atoms with Gasteiger partial charge < -0.3 is 9.80 Å².